The molecule has 0 fully saturated rings. The van der Waals surface area contributed by atoms with Gasteiger partial charge in [0.05, 0.1) is 0 Å². The summed E-state index contributed by atoms with van der Waals surface area (Å²) in [6.07, 6.45) is 4.74. The molecule has 4 rings (SSSR count). The molecule has 0 saturated carbocycles. The molecule has 8 heteroatoms. The summed E-state index contributed by atoms with van der Waals surface area (Å²) in [7, 11) is 5.27. The van der Waals surface area contributed by atoms with Crippen molar-refractivity contribution < 1.29 is 26.2 Å². The van der Waals surface area contributed by atoms with Gasteiger partial charge in [0.2, 0.25) is 0 Å². The molecular weight excluding hydrogens is 636 g/mol. The minimum Gasteiger partial charge on any atom is -0.668 e. The predicted octanol–water partition coefficient (Wildman–Crippen LogP) is 7.83. The van der Waals surface area contributed by atoms with E-state index in [1.54, 1.807) is 38.6 Å². The second kappa shape index (κ2) is 12.5. The number of fused-ring (bicyclic) bond motifs is 2. The van der Waals surface area contributed by atoms with Gasteiger partial charge in [-0.1, -0.05) is 66.5 Å². The van der Waals surface area contributed by atoms with Gasteiger partial charge in [-0.05, 0) is 24.3 Å². The molecule has 0 aromatic rings. The van der Waals surface area contributed by atoms with E-state index in [-0.39, 0.29) is 26.2 Å². The largest absolute Gasteiger partial charge is 4.00 e. The molecule has 0 radical (unpaired) electrons. The number of allylic oxidation sites excluding steroid dienone is 6. The van der Waals surface area contributed by atoms with Crippen molar-refractivity contribution in [2.75, 3.05) is 28.2 Å². The van der Waals surface area contributed by atoms with Gasteiger partial charge in [-0.2, -0.15) is 50.2 Å². The summed E-state index contributed by atoms with van der Waals surface area (Å²) in [5.41, 5.74) is 5.77. The molecule has 2 nitrogen and oxygen atoms in total. The molecule has 0 aromatic heterocycles. The molecule has 0 aromatic carbocycles. The van der Waals surface area contributed by atoms with Crippen molar-refractivity contribution in [3.8, 4) is 0 Å². The summed E-state index contributed by atoms with van der Waals surface area (Å²) < 4.78 is 2.30. The first kappa shape index (κ1) is 29.2. The van der Waals surface area contributed by atoms with E-state index >= 15 is 0 Å². The van der Waals surface area contributed by atoms with Crippen LogP contribution in [0.15, 0.2) is 53.8 Å². The van der Waals surface area contributed by atoms with Gasteiger partial charge in [0.15, 0.2) is 0 Å². The van der Waals surface area contributed by atoms with E-state index in [2.05, 4.69) is 92.4 Å². The second-order valence-corrected chi connectivity index (χ2v) is 15.5. The van der Waals surface area contributed by atoms with E-state index in [4.69, 9.17) is 0 Å². The van der Waals surface area contributed by atoms with Crippen molar-refractivity contribution in [2.45, 2.75) is 37.4 Å². The summed E-state index contributed by atoms with van der Waals surface area (Å²) in [6, 6.07) is 0. The van der Waals surface area contributed by atoms with E-state index in [9.17, 15) is 0 Å². The molecular formula is C22H28Br2N2S2SiZr. The number of halogens is 2. The van der Waals surface area contributed by atoms with Gasteiger partial charge in [0.25, 0.3) is 0 Å². The molecule has 4 aliphatic rings. The number of nitrogens with zero attached hydrogens (tertiary/aromatic N) is 2. The molecule has 2 aliphatic heterocycles. The van der Waals surface area contributed by atoms with Gasteiger partial charge in [-0.3, -0.25) is 23.5 Å². The molecule has 160 valence electrons. The van der Waals surface area contributed by atoms with Crippen LogP contribution in [-0.2, 0) is 26.2 Å². The minimum atomic E-state index is -1.73. The summed E-state index contributed by atoms with van der Waals surface area (Å²) in [5, 5.41) is 18.1. The van der Waals surface area contributed by atoms with Crippen molar-refractivity contribution in [2.24, 2.45) is 0 Å². The van der Waals surface area contributed by atoms with E-state index in [1.165, 1.54) is 22.3 Å². The quantitative estimate of drug-likeness (QED) is 0.223. The maximum absolute atomic E-state index is 3.67. The zero-order chi connectivity index (χ0) is 21.9. The Bertz CT molecular complexity index is 789. The molecule has 30 heavy (non-hydrogen) atoms. The van der Waals surface area contributed by atoms with E-state index in [0.717, 1.165) is 8.96 Å². The number of hydrogen-bond donors (Lipinski definition) is 0. The van der Waals surface area contributed by atoms with Crippen LogP contribution in [0.1, 0.15) is 13.8 Å². The van der Waals surface area contributed by atoms with Crippen molar-refractivity contribution in [3.05, 3.63) is 75.3 Å². The predicted molar refractivity (Wildman–Crippen MR) is 144 cm³/mol. The molecule has 2 heterocycles. The molecule has 0 saturated heterocycles. The third kappa shape index (κ3) is 5.78. The Balaban J connectivity index is 0.000000579. The van der Waals surface area contributed by atoms with Gasteiger partial charge >= 0.3 is 26.2 Å². The van der Waals surface area contributed by atoms with Gasteiger partial charge in [0.1, 0.15) is 8.07 Å². The zero-order valence-corrected chi connectivity index (χ0v) is 27.0. The van der Waals surface area contributed by atoms with Gasteiger partial charge < -0.3 is 10.6 Å². The topological polar surface area (TPSA) is 28.2 Å². The summed E-state index contributed by atoms with van der Waals surface area (Å²) in [4.78, 5) is 0. The molecule has 0 amide bonds. The van der Waals surface area contributed by atoms with Gasteiger partial charge in [-0.15, -0.1) is 21.1 Å². The Hall–Kier alpha value is 1.12. The molecule has 2 atom stereocenters. The maximum atomic E-state index is 3.67. The van der Waals surface area contributed by atoms with E-state index in [0.29, 0.717) is 10.5 Å². The van der Waals surface area contributed by atoms with Crippen LogP contribution in [0.3, 0.4) is 0 Å². The molecule has 0 bridgehead atoms. The average Bonchev–Trinajstić information content (AvgIpc) is 3.33. The average molecular weight is 664 g/mol. The molecule has 2 unspecified atom stereocenters. The third-order valence-corrected chi connectivity index (χ3v) is 13.5. The number of hydrogen-bond acceptors (Lipinski definition) is 2. The second-order valence-electron chi connectivity index (χ2n) is 7.74. The fraction of sp³-hybridized carbons (Fsp3) is 0.455. The van der Waals surface area contributed by atoms with Crippen LogP contribution in [0.5, 0.6) is 0 Å². The smallest absolute Gasteiger partial charge is 0.668 e. The van der Waals surface area contributed by atoms with Crippen molar-refractivity contribution >= 4 is 63.5 Å². The van der Waals surface area contributed by atoms with Crippen molar-refractivity contribution in [3.63, 3.8) is 0 Å². The van der Waals surface area contributed by atoms with Crippen LogP contribution in [0.4, 0.5) is 0 Å². The first-order valence-corrected chi connectivity index (χ1v) is 15.7. The zero-order valence-electron chi connectivity index (χ0n) is 18.8. The summed E-state index contributed by atoms with van der Waals surface area (Å²) in [5.74, 6) is 0. The van der Waals surface area contributed by atoms with Crippen LogP contribution in [-0.4, -0.2) is 46.8 Å². The number of rotatable bonds is 2. The van der Waals surface area contributed by atoms with Crippen LogP contribution in [0.2, 0.25) is 13.1 Å². The van der Waals surface area contributed by atoms with Crippen LogP contribution in [0.25, 0.3) is 10.6 Å². The minimum absolute atomic E-state index is 0. The van der Waals surface area contributed by atoms with Gasteiger partial charge in [0, 0.05) is 0 Å². The first-order chi connectivity index (χ1) is 13.6. The monoisotopic (exact) mass is 660 g/mol. The molecule has 2 aliphatic carbocycles. The normalized spacial score (nSPS) is 23.9. The number of thioether (sulfide) groups is 2. The first-order valence-electron chi connectivity index (χ1n) is 9.36. The summed E-state index contributed by atoms with van der Waals surface area (Å²) >= 11 is 11.0. The SMILES string of the molecule is CC1=C([Si](C)(C)C2=C(C)C=C3C(Br)=[C-]SC32)C2S[C-]=C(Br)C2=C1.C[N-]C.C[N-]C.[Zr+4]. The van der Waals surface area contributed by atoms with E-state index < -0.39 is 8.07 Å². The fourth-order valence-electron chi connectivity index (χ4n) is 4.23. The van der Waals surface area contributed by atoms with Crippen LogP contribution < -0.4 is 0 Å². The molecule has 0 N–H and O–H groups in total. The molecule has 0 spiro atoms. The summed E-state index contributed by atoms with van der Waals surface area (Å²) in [6.45, 7) is 9.63. The Morgan fingerprint density at radius 3 is 1.40 bits per heavy atom. The van der Waals surface area contributed by atoms with Crippen molar-refractivity contribution in [1.82, 2.24) is 0 Å². The Kier molecular flexibility index (Phi) is 12.2. The maximum Gasteiger partial charge on any atom is 4.00 e. The van der Waals surface area contributed by atoms with Crippen molar-refractivity contribution in [1.29, 1.82) is 0 Å². The van der Waals surface area contributed by atoms with Crippen LogP contribution in [0, 0.1) is 10.8 Å². The van der Waals surface area contributed by atoms with E-state index in [1.807, 2.05) is 23.5 Å². The van der Waals surface area contributed by atoms with Crippen LogP contribution >= 0.6 is 55.4 Å². The Labute approximate surface area is 228 Å². The third-order valence-electron chi connectivity index (χ3n) is 5.07. The van der Waals surface area contributed by atoms with Gasteiger partial charge in [-0.25, -0.2) is 0 Å². The standard InChI is InChI=1S/C18H16Br2S2Si.2C2H6N.Zr/c1-9-5-11-13(19)7-21-15(11)17(9)23(3,4)18-10(2)6-12-14(20)8-22-16(12)18;2*1-3-2;/h5-6,15-16H,1-4H3;2*1-2H3;/q-2;2*-1;+4. The Morgan fingerprint density at radius 2 is 1.10 bits per heavy atom. The Morgan fingerprint density at radius 1 is 0.800 bits per heavy atom. The fourth-order valence-corrected chi connectivity index (χ4v) is 13.8.